The lowest BCUT2D eigenvalue weighted by molar-refractivity contribution is 0.0778. The van der Waals surface area contributed by atoms with Crippen LogP contribution >= 0.6 is 24.0 Å². The van der Waals surface area contributed by atoms with Gasteiger partial charge in [0.15, 0.2) is 5.96 Å². The molecular formula is C20H34IN3O. The summed E-state index contributed by atoms with van der Waals surface area (Å²) in [4.78, 5) is 4.84. The van der Waals surface area contributed by atoms with Crippen molar-refractivity contribution in [3.05, 3.63) is 35.4 Å². The SMILES string of the molecule is CCNC(=NCC1(CCOC)CCC1)NCCc1ccc(C)cc1.I. The number of halogens is 1. The quantitative estimate of drug-likeness (QED) is 0.334. The fourth-order valence-corrected chi connectivity index (χ4v) is 3.15. The molecule has 0 unspecified atom stereocenters. The van der Waals surface area contributed by atoms with Gasteiger partial charge < -0.3 is 15.4 Å². The molecule has 142 valence electrons. The third-order valence-corrected chi connectivity index (χ3v) is 4.99. The van der Waals surface area contributed by atoms with Crippen LogP contribution in [0.1, 0.15) is 43.7 Å². The van der Waals surface area contributed by atoms with E-state index in [1.165, 1.54) is 30.4 Å². The highest BCUT2D eigenvalue weighted by Crippen LogP contribution is 2.44. The number of guanidine groups is 1. The van der Waals surface area contributed by atoms with Crippen LogP contribution in [0.4, 0.5) is 0 Å². The van der Waals surface area contributed by atoms with Gasteiger partial charge in [0.1, 0.15) is 0 Å². The highest BCUT2D eigenvalue weighted by Gasteiger charge is 2.36. The normalized spacial score (nSPS) is 15.9. The van der Waals surface area contributed by atoms with E-state index in [9.17, 15) is 0 Å². The molecule has 0 atom stereocenters. The summed E-state index contributed by atoms with van der Waals surface area (Å²) < 4.78 is 5.27. The van der Waals surface area contributed by atoms with E-state index in [4.69, 9.17) is 9.73 Å². The van der Waals surface area contributed by atoms with Crippen molar-refractivity contribution >= 4 is 29.9 Å². The predicted octanol–water partition coefficient (Wildman–Crippen LogP) is 3.92. The summed E-state index contributed by atoms with van der Waals surface area (Å²) >= 11 is 0. The van der Waals surface area contributed by atoms with Gasteiger partial charge in [-0.1, -0.05) is 36.2 Å². The number of hydrogen-bond donors (Lipinski definition) is 2. The van der Waals surface area contributed by atoms with Crippen LogP contribution in [0.15, 0.2) is 29.3 Å². The van der Waals surface area contributed by atoms with E-state index < -0.39 is 0 Å². The predicted molar refractivity (Wildman–Crippen MR) is 117 cm³/mol. The summed E-state index contributed by atoms with van der Waals surface area (Å²) in [5.41, 5.74) is 3.04. The molecule has 1 aliphatic carbocycles. The standard InChI is InChI=1S/C20H33N3O.HI/c1-4-21-19(22-14-10-18-8-6-17(2)7-9-18)23-16-20(11-5-12-20)13-15-24-3;/h6-9H,4-5,10-16H2,1-3H3,(H2,21,22,23);1H. The van der Waals surface area contributed by atoms with Crippen molar-refractivity contribution in [3.63, 3.8) is 0 Å². The molecule has 2 N–H and O–H groups in total. The Kier molecular flexibility index (Phi) is 10.4. The second-order valence-corrected chi connectivity index (χ2v) is 6.95. The van der Waals surface area contributed by atoms with Gasteiger partial charge in [-0.3, -0.25) is 4.99 Å². The van der Waals surface area contributed by atoms with Gasteiger partial charge in [0.2, 0.25) is 0 Å². The Morgan fingerprint density at radius 1 is 1.20 bits per heavy atom. The Bertz CT molecular complexity index is 512. The maximum atomic E-state index is 5.27. The average molecular weight is 459 g/mol. The van der Waals surface area contributed by atoms with Gasteiger partial charge in [0.25, 0.3) is 0 Å². The van der Waals surface area contributed by atoms with Crippen molar-refractivity contribution in [1.82, 2.24) is 10.6 Å². The topological polar surface area (TPSA) is 45.7 Å². The first-order valence-corrected chi connectivity index (χ1v) is 9.24. The van der Waals surface area contributed by atoms with Crippen LogP contribution < -0.4 is 10.6 Å². The number of aryl methyl sites for hydroxylation is 1. The molecule has 0 spiro atoms. The summed E-state index contributed by atoms with van der Waals surface area (Å²) in [6.45, 7) is 7.77. The van der Waals surface area contributed by atoms with Crippen LogP contribution in [-0.2, 0) is 11.2 Å². The molecule has 25 heavy (non-hydrogen) atoms. The fourth-order valence-electron chi connectivity index (χ4n) is 3.15. The fraction of sp³-hybridized carbons (Fsp3) is 0.650. The van der Waals surface area contributed by atoms with E-state index in [1.807, 2.05) is 0 Å². The van der Waals surface area contributed by atoms with Crippen LogP contribution in [0.3, 0.4) is 0 Å². The zero-order valence-corrected chi connectivity index (χ0v) is 18.3. The summed E-state index contributed by atoms with van der Waals surface area (Å²) in [7, 11) is 1.78. The lowest BCUT2D eigenvalue weighted by Crippen LogP contribution is -2.41. The van der Waals surface area contributed by atoms with Crippen LogP contribution in [0, 0.1) is 12.3 Å². The Labute approximate surface area is 170 Å². The highest BCUT2D eigenvalue weighted by molar-refractivity contribution is 14.0. The molecule has 0 heterocycles. The first-order chi connectivity index (χ1) is 11.7. The van der Waals surface area contributed by atoms with E-state index in [2.05, 4.69) is 48.7 Å². The van der Waals surface area contributed by atoms with Gasteiger partial charge >= 0.3 is 0 Å². The van der Waals surface area contributed by atoms with Crippen molar-refractivity contribution in [1.29, 1.82) is 0 Å². The summed E-state index contributed by atoms with van der Waals surface area (Å²) in [5.74, 6) is 0.938. The van der Waals surface area contributed by atoms with E-state index in [0.717, 1.165) is 45.0 Å². The minimum atomic E-state index is 0. The average Bonchev–Trinajstić information content (AvgIpc) is 2.55. The first kappa shape index (κ1) is 22.2. The molecule has 0 aromatic heterocycles. The molecule has 1 aromatic rings. The first-order valence-electron chi connectivity index (χ1n) is 9.24. The molecule has 0 aliphatic heterocycles. The summed E-state index contributed by atoms with van der Waals surface area (Å²) in [5, 5.41) is 6.83. The number of aliphatic imine (C=N–C) groups is 1. The van der Waals surface area contributed by atoms with E-state index >= 15 is 0 Å². The second-order valence-electron chi connectivity index (χ2n) is 6.95. The zero-order chi connectivity index (χ0) is 17.3. The number of rotatable bonds is 9. The van der Waals surface area contributed by atoms with E-state index in [-0.39, 0.29) is 24.0 Å². The molecule has 2 rings (SSSR count). The third kappa shape index (κ3) is 7.52. The lowest BCUT2D eigenvalue weighted by Gasteiger charge is -2.40. The molecule has 0 saturated heterocycles. The zero-order valence-electron chi connectivity index (χ0n) is 15.9. The minimum absolute atomic E-state index is 0. The largest absolute Gasteiger partial charge is 0.385 e. The highest BCUT2D eigenvalue weighted by atomic mass is 127. The minimum Gasteiger partial charge on any atom is -0.385 e. The number of nitrogens with one attached hydrogen (secondary N) is 2. The number of benzene rings is 1. The molecule has 1 fully saturated rings. The third-order valence-electron chi connectivity index (χ3n) is 4.99. The van der Waals surface area contributed by atoms with Gasteiger partial charge in [-0.25, -0.2) is 0 Å². The van der Waals surface area contributed by atoms with Crippen molar-refractivity contribution in [3.8, 4) is 0 Å². The maximum Gasteiger partial charge on any atom is 0.191 e. The summed E-state index contributed by atoms with van der Waals surface area (Å²) in [6, 6.07) is 8.75. The maximum absolute atomic E-state index is 5.27. The van der Waals surface area contributed by atoms with Crippen LogP contribution in [0.5, 0.6) is 0 Å². The number of methoxy groups -OCH3 is 1. The summed E-state index contributed by atoms with van der Waals surface area (Å²) in [6.07, 6.45) is 6.02. The molecule has 4 nitrogen and oxygen atoms in total. The Morgan fingerprint density at radius 3 is 2.48 bits per heavy atom. The van der Waals surface area contributed by atoms with Crippen LogP contribution in [0.25, 0.3) is 0 Å². The number of hydrogen-bond acceptors (Lipinski definition) is 2. The van der Waals surface area contributed by atoms with Gasteiger partial charge in [0.05, 0.1) is 0 Å². The van der Waals surface area contributed by atoms with E-state index in [0.29, 0.717) is 5.41 Å². The van der Waals surface area contributed by atoms with Crippen molar-refractivity contribution in [2.45, 2.75) is 46.0 Å². The smallest absolute Gasteiger partial charge is 0.191 e. The van der Waals surface area contributed by atoms with Crippen LogP contribution in [0.2, 0.25) is 0 Å². The molecule has 0 bridgehead atoms. The molecule has 0 radical (unpaired) electrons. The van der Waals surface area contributed by atoms with Crippen molar-refractivity contribution in [2.24, 2.45) is 10.4 Å². The Morgan fingerprint density at radius 2 is 1.92 bits per heavy atom. The molecule has 1 aromatic carbocycles. The number of nitrogens with zero attached hydrogens (tertiary/aromatic N) is 1. The second kappa shape index (κ2) is 11.7. The lowest BCUT2D eigenvalue weighted by atomic mass is 9.67. The monoisotopic (exact) mass is 459 g/mol. The van der Waals surface area contributed by atoms with Crippen molar-refractivity contribution < 1.29 is 4.74 Å². The van der Waals surface area contributed by atoms with Crippen molar-refractivity contribution in [2.75, 3.05) is 33.4 Å². The molecule has 5 heteroatoms. The molecule has 0 amide bonds. The van der Waals surface area contributed by atoms with E-state index in [1.54, 1.807) is 7.11 Å². The van der Waals surface area contributed by atoms with Gasteiger partial charge in [-0.2, -0.15) is 0 Å². The Balaban J connectivity index is 0.00000312. The Hall–Kier alpha value is -0.820. The molecule has 1 aliphatic rings. The van der Waals surface area contributed by atoms with Gasteiger partial charge in [0, 0.05) is 33.4 Å². The van der Waals surface area contributed by atoms with Gasteiger partial charge in [-0.05, 0) is 50.5 Å². The molecular weight excluding hydrogens is 425 g/mol. The van der Waals surface area contributed by atoms with Crippen LogP contribution in [-0.4, -0.2) is 39.3 Å². The van der Waals surface area contributed by atoms with Gasteiger partial charge in [-0.15, -0.1) is 24.0 Å². The number of ether oxygens (including phenoxy) is 1. The molecule has 1 saturated carbocycles.